The SMILES string of the molecule is CCC1C(=O)NC(C(C)C)C(=O)N1c1cc(F)ccc1F. The van der Waals surface area contributed by atoms with Gasteiger partial charge in [0.25, 0.3) is 5.91 Å². The predicted octanol–water partition coefficient (Wildman–Crippen LogP) is 2.23. The number of hydrogen-bond acceptors (Lipinski definition) is 2. The lowest BCUT2D eigenvalue weighted by molar-refractivity contribution is -0.135. The van der Waals surface area contributed by atoms with Gasteiger partial charge in [0.05, 0.1) is 5.69 Å². The van der Waals surface area contributed by atoms with Gasteiger partial charge in [0.15, 0.2) is 0 Å². The second-order valence-electron chi connectivity index (χ2n) is 5.46. The molecular weight excluding hydrogens is 278 g/mol. The third kappa shape index (κ3) is 2.75. The van der Waals surface area contributed by atoms with Crippen molar-refractivity contribution in [1.29, 1.82) is 0 Å². The Morgan fingerprint density at radius 3 is 2.52 bits per heavy atom. The summed E-state index contributed by atoms with van der Waals surface area (Å²) in [5.74, 6) is -2.28. The van der Waals surface area contributed by atoms with E-state index in [9.17, 15) is 18.4 Å². The van der Waals surface area contributed by atoms with E-state index in [1.807, 2.05) is 0 Å². The van der Waals surface area contributed by atoms with Crippen LogP contribution in [-0.2, 0) is 9.59 Å². The van der Waals surface area contributed by atoms with Gasteiger partial charge in [-0.3, -0.25) is 14.5 Å². The average Bonchev–Trinajstić information content (AvgIpc) is 2.43. The van der Waals surface area contributed by atoms with Crippen LogP contribution in [0.2, 0.25) is 0 Å². The average molecular weight is 296 g/mol. The van der Waals surface area contributed by atoms with E-state index in [0.717, 1.165) is 23.1 Å². The van der Waals surface area contributed by atoms with Gasteiger partial charge < -0.3 is 5.32 Å². The van der Waals surface area contributed by atoms with Gasteiger partial charge in [0, 0.05) is 6.07 Å². The van der Waals surface area contributed by atoms with Crippen molar-refractivity contribution in [2.24, 2.45) is 5.92 Å². The summed E-state index contributed by atoms with van der Waals surface area (Å²) < 4.78 is 27.4. The molecule has 1 saturated heterocycles. The third-order valence-electron chi connectivity index (χ3n) is 3.64. The van der Waals surface area contributed by atoms with Crippen molar-refractivity contribution in [3.8, 4) is 0 Å². The first-order valence-corrected chi connectivity index (χ1v) is 6.95. The molecule has 0 radical (unpaired) electrons. The number of nitrogens with zero attached hydrogens (tertiary/aromatic N) is 1. The highest BCUT2D eigenvalue weighted by molar-refractivity contribution is 6.08. The summed E-state index contributed by atoms with van der Waals surface area (Å²) in [6.07, 6.45) is 0.318. The van der Waals surface area contributed by atoms with Crippen LogP contribution in [0.1, 0.15) is 27.2 Å². The van der Waals surface area contributed by atoms with Crippen LogP contribution >= 0.6 is 0 Å². The summed E-state index contributed by atoms with van der Waals surface area (Å²) in [6.45, 7) is 5.29. The van der Waals surface area contributed by atoms with E-state index in [0.29, 0.717) is 6.42 Å². The second-order valence-corrected chi connectivity index (χ2v) is 5.46. The molecule has 21 heavy (non-hydrogen) atoms. The number of carbonyl (C=O) groups is 2. The molecule has 2 unspecified atom stereocenters. The fraction of sp³-hybridized carbons (Fsp3) is 0.467. The number of halogens is 2. The third-order valence-corrected chi connectivity index (χ3v) is 3.64. The molecule has 0 saturated carbocycles. The van der Waals surface area contributed by atoms with E-state index in [2.05, 4.69) is 5.32 Å². The standard InChI is InChI=1S/C15H18F2N2O2/c1-4-11-14(20)18-13(8(2)3)15(21)19(11)12-7-9(16)5-6-10(12)17/h5-8,11,13H,4H2,1-3H3,(H,18,20). The van der Waals surface area contributed by atoms with Gasteiger partial charge in [-0.1, -0.05) is 20.8 Å². The van der Waals surface area contributed by atoms with Gasteiger partial charge in [0.1, 0.15) is 23.7 Å². The minimum Gasteiger partial charge on any atom is -0.342 e. The van der Waals surface area contributed by atoms with Crippen molar-refractivity contribution in [2.45, 2.75) is 39.3 Å². The highest BCUT2D eigenvalue weighted by atomic mass is 19.1. The van der Waals surface area contributed by atoms with Crippen LogP contribution in [0, 0.1) is 17.6 Å². The van der Waals surface area contributed by atoms with Gasteiger partial charge in [-0.05, 0) is 24.5 Å². The van der Waals surface area contributed by atoms with E-state index in [1.165, 1.54) is 0 Å². The van der Waals surface area contributed by atoms with Crippen LogP contribution < -0.4 is 10.2 Å². The molecule has 114 valence electrons. The maximum atomic E-state index is 14.0. The Labute approximate surface area is 122 Å². The van der Waals surface area contributed by atoms with Gasteiger partial charge in [-0.2, -0.15) is 0 Å². The van der Waals surface area contributed by atoms with Crippen LogP contribution in [0.5, 0.6) is 0 Å². The molecule has 2 atom stereocenters. The summed E-state index contributed by atoms with van der Waals surface area (Å²) in [5.41, 5.74) is -0.188. The first kappa shape index (κ1) is 15.4. The molecule has 6 heteroatoms. The van der Waals surface area contributed by atoms with Crippen molar-refractivity contribution < 1.29 is 18.4 Å². The van der Waals surface area contributed by atoms with Crippen molar-refractivity contribution in [3.63, 3.8) is 0 Å². The predicted molar refractivity (Wildman–Crippen MR) is 74.7 cm³/mol. The summed E-state index contributed by atoms with van der Waals surface area (Å²) >= 11 is 0. The van der Waals surface area contributed by atoms with Crippen LogP contribution in [0.15, 0.2) is 18.2 Å². The fourth-order valence-electron chi connectivity index (χ4n) is 2.51. The highest BCUT2D eigenvalue weighted by Gasteiger charge is 2.42. The Hall–Kier alpha value is -1.98. The zero-order chi connectivity index (χ0) is 15.7. The Kier molecular flexibility index (Phi) is 4.25. The lowest BCUT2D eigenvalue weighted by Crippen LogP contribution is -2.65. The molecule has 1 heterocycles. The number of rotatable bonds is 3. The minimum absolute atomic E-state index is 0.140. The molecule has 4 nitrogen and oxygen atoms in total. The Morgan fingerprint density at radius 1 is 1.29 bits per heavy atom. The van der Waals surface area contributed by atoms with Crippen LogP contribution in [0.25, 0.3) is 0 Å². The fourth-order valence-corrected chi connectivity index (χ4v) is 2.51. The molecule has 0 bridgehead atoms. The molecule has 0 spiro atoms. The maximum Gasteiger partial charge on any atom is 0.250 e. The van der Waals surface area contributed by atoms with E-state index < -0.39 is 29.6 Å². The first-order chi connectivity index (χ1) is 9.86. The quantitative estimate of drug-likeness (QED) is 0.930. The van der Waals surface area contributed by atoms with Crippen molar-refractivity contribution in [2.75, 3.05) is 4.90 Å². The number of benzene rings is 1. The summed E-state index contributed by atoms with van der Waals surface area (Å²) in [5, 5.41) is 2.65. The largest absolute Gasteiger partial charge is 0.342 e. The van der Waals surface area contributed by atoms with Gasteiger partial charge in [-0.15, -0.1) is 0 Å². The molecule has 2 rings (SSSR count). The number of anilines is 1. The molecule has 2 amide bonds. The summed E-state index contributed by atoms with van der Waals surface area (Å²) in [4.78, 5) is 25.8. The Bertz CT molecular complexity index is 575. The van der Waals surface area contributed by atoms with E-state index in [1.54, 1.807) is 20.8 Å². The molecular formula is C15H18F2N2O2. The molecule has 1 fully saturated rings. The number of amides is 2. The zero-order valence-corrected chi connectivity index (χ0v) is 12.2. The van der Waals surface area contributed by atoms with Crippen LogP contribution in [-0.4, -0.2) is 23.9 Å². The number of carbonyl (C=O) groups excluding carboxylic acids is 2. The number of nitrogens with one attached hydrogen (secondary N) is 1. The van der Waals surface area contributed by atoms with Crippen molar-refractivity contribution in [3.05, 3.63) is 29.8 Å². The van der Waals surface area contributed by atoms with Gasteiger partial charge in [0.2, 0.25) is 5.91 Å². The lowest BCUT2D eigenvalue weighted by atomic mass is 9.96. The minimum atomic E-state index is -0.830. The van der Waals surface area contributed by atoms with Crippen molar-refractivity contribution >= 4 is 17.5 Å². The topological polar surface area (TPSA) is 49.4 Å². The smallest absolute Gasteiger partial charge is 0.250 e. The molecule has 1 aromatic rings. The zero-order valence-electron chi connectivity index (χ0n) is 12.2. The normalized spacial score (nSPS) is 22.7. The highest BCUT2D eigenvalue weighted by Crippen LogP contribution is 2.28. The van der Waals surface area contributed by atoms with E-state index in [-0.39, 0.29) is 17.5 Å². The van der Waals surface area contributed by atoms with E-state index in [4.69, 9.17) is 0 Å². The van der Waals surface area contributed by atoms with Crippen LogP contribution in [0.3, 0.4) is 0 Å². The first-order valence-electron chi connectivity index (χ1n) is 6.95. The monoisotopic (exact) mass is 296 g/mol. The van der Waals surface area contributed by atoms with Gasteiger partial charge >= 0.3 is 0 Å². The molecule has 1 N–H and O–H groups in total. The number of piperazine rings is 1. The second kappa shape index (κ2) is 5.79. The maximum absolute atomic E-state index is 14.0. The molecule has 1 aliphatic rings. The summed E-state index contributed by atoms with van der Waals surface area (Å²) in [7, 11) is 0. The molecule has 1 aromatic carbocycles. The lowest BCUT2D eigenvalue weighted by Gasteiger charge is -2.40. The van der Waals surface area contributed by atoms with Gasteiger partial charge in [-0.25, -0.2) is 8.78 Å². The van der Waals surface area contributed by atoms with Crippen molar-refractivity contribution in [1.82, 2.24) is 5.32 Å². The number of hydrogen-bond donors (Lipinski definition) is 1. The molecule has 1 aliphatic heterocycles. The Morgan fingerprint density at radius 2 is 1.95 bits per heavy atom. The van der Waals surface area contributed by atoms with Crippen LogP contribution in [0.4, 0.5) is 14.5 Å². The molecule has 0 aromatic heterocycles. The summed E-state index contributed by atoms with van der Waals surface area (Å²) in [6, 6.07) is 1.33. The molecule has 0 aliphatic carbocycles. The Balaban J connectivity index is 2.51. The van der Waals surface area contributed by atoms with E-state index >= 15 is 0 Å².